The van der Waals surface area contributed by atoms with Crippen molar-refractivity contribution in [2.24, 2.45) is 0 Å². The standard InChI is InChI=1S/C15H12F3NOS/c1-21-8-9-2-4-11(5-3-9)19-15(20)10-6-12(16)14(18)13(17)7-10/h2-7H,8H2,1H3,(H,19,20). The van der Waals surface area contributed by atoms with Crippen molar-refractivity contribution in [1.29, 1.82) is 0 Å². The summed E-state index contributed by atoms with van der Waals surface area (Å²) in [6.07, 6.45) is 1.98. The van der Waals surface area contributed by atoms with Crippen molar-refractivity contribution in [3.63, 3.8) is 0 Å². The lowest BCUT2D eigenvalue weighted by molar-refractivity contribution is 0.102. The summed E-state index contributed by atoms with van der Waals surface area (Å²) in [7, 11) is 0. The first-order chi connectivity index (χ1) is 10.0. The molecule has 0 bridgehead atoms. The van der Waals surface area contributed by atoms with Crippen LogP contribution in [0.15, 0.2) is 36.4 Å². The highest BCUT2D eigenvalue weighted by Gasteiger charge is 2.15. The summed E-state index contributed by atoms with van der Waals surface area (Å²) >= 11 is 1.67. The highest BCUT2D eigenvalue weighted by atomic mass is 32.2. The van der Waals surface area contributed by atoms with Crippen LogP contribution in [0.25, 0.3) is 0 Å². The molecule has 0 aliphatic rings. The molecule has 2 aromatic rings. The molecule has 0 saturated carbocycles. The Morgan fingerprint density at radius 2 is 1.67 bits per heavy atom. The molecule has 0 fully saturated rings. The van der Waals surface area contributed by atoms with Crippen molar-refractivity contribution in [1.82, 2.24) is 0 Å². The van der Waals surface area contributed by atoms with E-state index in [1.54, 1.807) is 23.9 Å². The summed E-state index contributed by atoms with van der Waals surface area (Å²) in [5, 5.41) is 2.50. The van der Waals surface area contributed by atoms with Crippen LogP contribution in [0.3, 0.4) is 0 Å². The molecule has 110 valence electrons. The second kappa shape index (κ2) is 6.67. The van der Waals surface area contributed by atoms with E-state index in [2.05, 4.69) is 5.32 Å². The van der Waals surface area contributed by atoms with Gasteiger partial charge in [0.15, 0.2) is 17.5 Å². The molecule has 6 heteroatoms. The van der Waals surface area contributed by atoms with Crippen molar-refractivity contribution in [3.8, 4) is 0 Å². The Hall–Kier alpha value is -1.95. The molecule has 0 radical (unpaired) electrons. The van der Waals surface area contributed by atoms with E-state index in [0.29, 0.717) is 17.8 Å². The summed E-state index contributed by atoms with van der Waals surface area (Å²) in [5.41, 5.74) is 1.31. The van der Waals surface area contributed by atoms with Crippen LogP contribution in [-0.2, 0) is 5.75 Å². The molecular weight excluding hydrogens is 299 g/mol. The van der Waals surface area contributed by atoms with Gasteiger partial charge in [-0.3, -0.25) is 4.79 Å². The van der Waals surface area contributed by atoms with Gasteiger partial charge in [0.1, 0.15) is 0 Å². The molecule has 2 nitrogen and oxygen atoms in total. The first kappa shape index (κ1) is 15.4. The Balaban J connectivity index is 2.14. The summed E-state index contributed by atoms with van der Waals surface area (Å²) in [6, 6.07) is 8.40. The van der Waals surface area contributed by atoms with E-state index in [1.165, 1.54) is 0 Å². The van der Waals surface area contributed by atoms with Gasteiger partial charge in [-0.15, -0.1) is 0 Å². The van der Waals surface area contributed by atoms with Gasteiger partial charge in [0.05, 0.1) is 0 Å². The second-order valence-electron chi connectivity index (χ2n) is 4.34. The maximum atomic E-state index is 13.1. The molecule has 21 heavy (non-hydrogen) atoms. The number of nitrogens with one attached hydrogen (secondary N) is 1. The Labute approximate surface area is 124 Å². The number of hydrogen-bond acceptors (Lipinski definition) is 2. The molecule has 0 unspecified atom stereocenters. The molecule has 2 aromatic carbocycles. The number of carbonyl (C=O) groups excluding carboxylic acids is 1. The molecule has 0 aliphatic carbocycles. The zero-order valence-corrected chi connectivity index (χ0v) is 11.9. The average molecular weight is 311 g/mol. The minimum Gasteiger partial charge on any atom is -0.322 e. The van der Waals surface area contributed by atoms with Crippen LogP contribution in [-0.4, -0.2) is 12.2 Å². The molecule has 0 atom stereocenters. The molecule has 0 aromatic heterocycles. The minimum atomic E-state index is -1.59. The summed E-state index contributed by atoms with van der Waals surface area (Å²) in [6.45, 7) is 0. The number of amides is 1. The van der Waals surface area contributed by atoms with Gasteiger partial charge in [-0.1, -0.05) is 12.1 Å². The van der Waals surface area contributed by atoms with Crippen LogP contribution in [0.2, 0.25) is 0 Å². The van der Waals surface area contributed by atoms with Gasteiger partial charge < -0.3 is 5.32 Å². The van der Waals surface area contributed by atoms with E-state index in [1.807, 2.05) is 18.4 Å². The molecule has 1 N–H and O–H groups in total. The Bertz CT molecular complexity index is 635. The summed E-state index contributed by atoms with van der Waals surface area (Å²) in [5.74, 6) is -4.23. The number of thioether (sulfide) groups is 1. The molecule has 0 heterocycles. The number of hydrogen-bond donors (Lipinski definition) is 1. The lowest BCUT2D eigenvalue weighted by Gasteiger charge is -2.07. The monoisotopic (exact) mass is 311 g/mol. The largest absolute Gasteiger partial charge is 0.322 e. The normalized spacial score (nSPS) is 10.5. The van der Waals surface area contributed by atoms with E-state index < -0.39 is 23.4 Å². The number of benzene rings is 2. The second-order valence-corrected chi connectivity index (χ2v) is 5.20. The molecule has 2 rings (SSSR count). The molecule has 0 saturated heterocycles. The Kier molecular flexibility index (Phi) is 4.90. The topological polar surface area (TPSA) is 29.1 Å². The zero-order valence-electron chi connectivity index (χ0n) is 11.1. The van der Waals surface area contributed by atoms with E-state index >= 15 is 0 Å². The van der Waals surface area contributed by atoms with Crippen molar-refractivity contribution < 1.29 is 18.0 Å². The van der Waals surface area contributed by atoms with Gasteiger partial charge in [-0.2, -0.15) is 11.8 Å². The SMILES string of the molecule is CSCc1ccc(NC(=O)c2cc(F)c(F)c(F)c2)cc1. The number of rotatable bonds is 4. The van der Waals surface area contributed by atoms with E-state index in [0.717, 1.165) is 11.3 Å². The fourth-order valence-corrected chi connectivity index (χ4v) is 2.27. The van der Waals surface area contributed by atoms with Crippen LogP contribution in [0.1, 0.15) is 15.9 Å². The maximum Gasteiger partial charge on any atom is 0.255 e. The predicted molar refractivity (Wildman–Crippen MR) is 77.9 cm³/mol. The fraction of sp³-hybridized carbons (Fsp3) is 0.133. The fourth-order valence-electron chi connectivity index (χ4n) is 1.74. The summed E-state index contributed by atoms with van der Waals surface area (Å²) in [4.78, 5) is 11.9. The first-order valence-corrected chi connectivity index (χ1v) is 7.44. The quantitative estimate of drug-likeness (QED) is 0.857. The van der Waals surface area contributed by atoms with Gasteiger partial charge in [0.25, 0.3) is 5.91 Å². The molecular formula is C15H12F3NOS. The summed E-state index contributed by atoms with van der Waals surface area (Å²) < 4.78 is 39.0. The van der Waals surface area contributed by atoms with Gasteiger partial charge in [-0.05, 0) is 36.1 Å². The Morgan fingerprint density at radius 3 is 2.19 bits per heavy atom. The van der Waals surface area contributed by atoms with Gasteiger partial charge in [0, 0.05) is 17.0 Å². The van der Waals surface area contributed by atoms with Crippen LogP contribution >= 0.6 is 11.8 Å². The number of carbonyl (C=O) groups is 1. The van der Waals surface area contributed by atoms with Gasteiger partial charge in [-0.25, -0.2) is 13.2 Å². The zero-order chi connectivity index (χ0) is 15.4. The van der Waals surface area contributed by atoms with Crippen molar-refractivity contribution >= 4 is 23.4 Å². The highest BCUT2D eigenvalue weighted by Crippen LogP contribution is 2.17. The van der Waals surface area contributed by atoms with Crippen LogP contribution in [0.5, 0.6) is 0 Å². The lowest BCUT2D eigenvalue weighted by atomic mass is 10.1. The van der Waals surface area contributed by atoms with Crippen molar-refractivity contribution in [2.45, 2.75) is 5.75 Å². The molecule has 0 spiro atoms. The molecule has 1 amide bonds. The van der Waals surface area contributed by atoms with Crippen molar-refractivity contribution in [2.75, 3.05) is 11.6 Å². The third-order valence-electron chi connectivity index (χ3n) is 2.77. The smallest absolute Gasteiger partial charge is 0.255 e. The highest BCUT2D eigenvalue weighted by molar-refractivity contribution is 7.97. The average Bonchev–Trinajstić information content (AvgIpc) is 2.46. The lowest BCUT2D eigenvalue weighted by Crippen LogP contribution is -2.13. The Morgan fingerprint density at radius 1 is 1.10 bits per heavy atom. The van der Waals surface area contributed by atoms with E-state index in [9.17, 15) is 18.0 Å². The van der Waals surface area contributed by atoms with Crippen LogP contribution in [0, 0.1) is 17.5 Å². The third-order valence-corrected chi connectivity index (χ3v) is 3.39. The van der Waals surface area contributed by atoms with Gasteiger partial charge in [0.2, 0.25) is 0 Å². The van der Waals surface area contributed by atoms with Crippen molar-refractivity contribution in [3.05, 3.63) is 65.0 Å². The van der Waals surface area contributed by atoms with Crippen LogP contribution < -0.4 is 5.32 Å². The predicted octanol–water partition coefficient (Wildman–Crippen LogP) is 4.22. The minimum absolute atomic E-state index is 0.278. The third kappa shape index (κ3) is 3.78. The van der Waals surface area contributed by atoms with E-state index in [4.69, 9.17) is 0 Å². The first-order valence-electron chi connectivity index (χ1n) is 6.05. The maximum absolute atomic E-state index is 13.1. The van der Waals surface area contributed by atoms with Crippen LogP contribution in [0.4, 0.5) is 18.9 Å². The van der Waals surface area contributed by atoms with E-state index in [-0.39, 0.29) is 5.56 Å². The number of anilines is 1. The number of halogens is 3. The van der Waals surface area contributed by atoms with Gasteiger partial charge >= 0.3 is 0 Å². The molecule has 0 aliphatic heterocycles.